The molecule has 254 valence electrons. The zero-order valence-corrected chi connectivity index (χ0v) is 33.3. The van der Waals surface area contributed by atoms with Crippen molar-refractivity contribution in [2.24, 2.45) is 0 Å². The van der Waals surface area contributed by atoms with Crippen LogP contribution < -0.4 is 4.90 Å². The summed E-state index contributed by atoms with van der Waals surface area (Å²) in [6.07, 6.45) is 2.61. The number of benzene rings is 3. The molecule has 46 heavy (non-hydrogen) atoms. The second kappa shape index (κ2) is 18.6. The molecule has 0 aliphatic carbocycles. The lowest BCUT2D eigenvalue weighted by atomic mass is 10.1. The highest BCUT2D eigenvalue weighted by Gasteiger charge is 2.19. The van der Waals surface area contributed by atoms with E-state index < -0.39 is 0 Å². The Hall–Kier alpha value is -1.85. The van der Waals surface area contributed by atoms with E-state index in [1.54, 1.807) is 0 Å². The molecule has 0 unspecified atom stereocenters. The van der Waals surface area contributed by atoms with Crippen LogP contribution in [-0.4, -0.2) is 52.8 Å². The summed E-state index contributed by atoms with van der Waals surface area (Å²) in [6.45, 7) is 28.2. The first kappa shape index (κ1) is 38.6. The summed E-state index contributed by atoms with van der Waals surface area (Å²) in [4.78, 5) is 2.39. The van der Waals surface area contributed by atoms with E-state index in [1.807, 2.05) is 0 Å². The van der Waals surface area contributed by atoms with Gasteiger partial charge in [0.15, 0.2) is 0 Å². The van der Waals surface area contributed by atoms with Crippen LogP contribution in [0.4, 0.5) is 34.1 Å². The van der Waals surface area contributed by atoms with Crippen molar-refractivity contribution >= 4 is 57.9 Å². The van der Waals surface area contributed by atoms with E-state index in [1.165, 1.54) is 0 Å². The molecule has 0 aromatic heterocycles. The van der Waals surface area contributed by atoms with Crippen molar-refractivity contribution in [3.05, 3.63) is 88.7 Å². The molecule has 0 spiro atoms. The minimum atomic E-state index is -0.224. The van der Waals surface area contributed by atoms with Gasteiger partial charge in [-0.25, -0.2) is 0 Å². The van der Waals surface area contributed by atoms with E-state index in [9.17, 15) is 0 Å². The van der Waals surface area contributed by atoms with Crippen LogP contribution in [0.2, 0.25) is 0 Å². The standard InChI is InChI=1S/C39H60N4P3/c1-28(2)44(29(3)4)25-40-34-19-13-16-22-37(34)43(38-23-17-14-20-35(38)41-26-45(30(5)6)31(7)8)39-24-18-15-21-36(39)42-27-46(32(9)10)33(11)12/h13-24,28-33H,25-27H2,1-12H3/q-3. The normalized spacial score (nSPS) is 12.2. The fourth-order valence-corrected chi connectivity index (χ4v) is 12.5. The molecule has 0 N–H and O–H groups in total. The third-order valence-corrected chi connectivity index (χ3v) is 17.9. The van der Waals surface area contributed by atoms with E-state index in [-0.39, 0.29) is 23.8 Å². The molecule has 0 saturated carbocycles. The molecule has 0 saturated heterocycles. The Morgan fingerprint density at radius 3 is 0.826 bits per heavy atom. The van der Waals surface area contributed by atoms with Crippen molar-refractivity contribution in [1.82, 2.24) is 0 Å². The van der Waals surface area contributed by atoms with Gasteiger partial charge < -0.3 is 20.9 Å². The van der Waals surface area contributed by atoms with Gasteiger partial charge in [0.05, 0.1) is 0 Å². The van der Waals surface area contributed by atoms with Crippen LogP contribution in [0.1, 0.15) is 83.1 Å². The van der Waals surface area contributed by atoms with Gasteiger partial charge in [-0.3, -0.25) is 0 Å². The van der Waals surface area contributed by atoms with Crippen molar-refractivity contribution < 1.29 is 0 Å². The average molecular weight is 678 g/mol. The molecule has 0 heterocycles. The highest BCUT2D eigenvalue weighted by atomic mass is 31.1. The summed E-state index contributed by atoms with van der Waals surface area (Å²) in [6, 6.07) is 26.0. The summed E-state index contributed by atoms with van der Waals surface area (Å²) in [5.41, 5.74) is 10.1. The fourth-order valence-electron chi connectivity index (χ4n) is 5.99. The van der Waals surface area contributed by atoms with Crippen molar-refractivity contribution in [3.8, 4) is 0 Å². The van der Waals surface area contributed by atoms with Crippen LogP contribution in [0.5, 0.6) is 0 Å². The third kappa shape index (κ3) is 10.6. The van der Waals surface area contributed by atoms with Crippen LogP contribution in [0.15, 0.2) is 72.8 Å². The Kier molecular flexibility index (Phi) is 15.6. The van der Waals surface area contributed by atoms with Gasteiger partial charge in [-0.05, 0) is 52.2 Å². The number of para-hydroxylation sites is 6. The molecule has 3 rings (SSSR count). The topological polar surface area (TPSA) is 45.5 Å². The fraction of sp³-hybridized carbons (Fsp3) is 0.538. The van der Waals surface area contributed by atoms with Gasteiger partial charge in [0.2, 0.25) is 0 Å². The van der Waals surface area contributed by atoms with Crippen LogP contribution >= 0.6 is 23.8 Å². The lowest BCUT2D eigenvalue weighted by Gasteiger charge is -2.42. The van der Waals surface area contributed by atoms with E-state index >= 15 is 0 Å². The summed E-state index contributed by atoms with van der Waals surface area (Å²) in [7, 11) is -0.673. The SMILES string of the molecule is CC(C)P(C[N-]c1ccccc1N(c1ccccc1[N-]CP(C(C)C)C(C)C)c1ccccc1[N-]CP(C(C)C)C(C)C)C(C)C. The first-order chi connectivity index (χ1) is 21.8. The first-order valence-corrected chi connectivity index (χ1v) is 22.2. The lowest BCUT2D eigenvalue weighted by molar-refractivity contribution is 1.01. The predicted octanol–water partition coefficient (Wildman–Crippen LogP) is 14.9. The molecule has 0 aliphatic rings. The van der Waals surface area contributed by atoms with Crippen molar-refractivity contribution in [1.29, 1.82) is 0 Å². The van der Waals surface area contributed by atoms with Crippen molar-refractivity contribution in [2.75, 3.05) is 23.8 Å². The van der Waals surface area contributed by atoms with Gasteiger partial charge in [-0.2, -0.15) is 0 Å². The zero-order chi connectivity index (χ0) is 34.0. The van der Waals surface area contributed by atoms with Crippen LogP contribution in [0.25, 0.3) is 16.0 Å². The van der Waals surface area contributed by atoms with E-state index in [4.69, 9.17) is 16.0 Å². The van der Waals surface area contributed by atoms with E-state index in [2.05, 4.69) is 161 Å². The average Bonchev–Trinajstić information content (AvgIpc) is 2.98. The Balaban J connectivity index is 2.17. The van der Waals surface area contributed by atoms with E-state index in [0.717, 1.165) is 53.0 Å². The van der Waals surface area contributed by atoms with Crippen molar-refractivity contribution in [2.45, 2.75) is 117 Å². The highest BCUT2D eigenvalue weighted by molar-refractivity contribution is 7.59. The van der Waals surface area contributed by atoms with Gasteiger partial charge in [0.1, 0.15) is 0 Å². The van der Waals surface area contributed by atoms with Gasteiger partial charge >= 0.3 is 0 Å². The number of anilines is 3. The minimum Gasteiger partial charge on any atom is -0.679 e. The maximum Gasteiger partial charge on any atom is 0.0311 e. The molecule has 3 aromatic rings. The Labute approximate surface area is 286 Å². The van der Waals surface area contributed by atoms with Gasteiger partial charge in [-0.15, -0.1) is 59.7 Å². The zero-order valence-electron chi connectivity index (χ0n) is 30.6. The number of hydrogen-bond acceptors (Lipinski definition) is 1. The lowest BCUT2D eigenvalue weighted by Crippen LogP contribution is -2.12. The Morgan fingerprint density at radius 2 is 0.609 bits per heavy atom. The highest BCUT2D eigenvalue weighted by Crippen LogP contribution is 2.55. The maximum absolute atomic E-state index is 5.35. The monoisotopic (exact) mass is 677 g/mol. The largest absolute Gasteiger partial charge is 0.679 e. The molecule has 0 bridgehead atoms. The molecule has 3 aromatic carbocycles. The summed E-state index contributed by atoms with van der Waals surface area (Å²) < 4.78 is 0. The maximum atomic E-state index is 5.35. The third-order valence-electron chi connectivity index (χ3n) is 8.56. The Bertz CT molecular complexity index is 1140. The predicted molar refractivity (Wildman–Crippen MR) is 216 cm³/mol. The second-order valence-corrected chi connectivity index (χ2v) is 23.9. The number of hydrogen-bond donors (Lipinski definition) is 0. The molecule has 0 amide bonds. The smallest absolute Gasteiger partial charge is 0.0311 e. The quantitative estimate of drug-likeness (QED) is 0.124. The molecule has 0 radical (unpaired) electrons. The second-order valence-electron chi connectivity index (χ2n) is 13.8. The van der Waals surface area contributed by atoms with Crippen LogP contribution in [0.3, 0.4) is 0 Å². The minimum absolute atomic E-state index is 0.224. The Morgan fingerprint density at radius 1 is 0.391 bits per heavy atom. The van der Waals surface area contributed by atoms with Gasteiger partial charge in [0, 0.05) is 17.1 Å². The molecular formula is C39H60N4P3-3. The van der Waals surface area contributed by atoms with Crippen LogP contribution in [0, 0.1) is 0 Å². The first-order valence-electron chi connectivity index (χ1n) is 17.2. The molecule has 0 atom stereocenters. The molecule has 7 heteroatoms. The molecule has 0 fully saturated rings. The van der Waals surface area contributed by atoms with Crippen molar-refractivity contribution in [3.63, 3.8) is 0 Å². The number of rotatable bonds is 18. The number of nitrogens with zero attached hydrogens (tertiary/aromatic N) is 4. The summed E-state index contributed by atoms with van der Waals surface area (Å²) in [5.74, 6) is 0. The molecule has 0 aliphatic heterocycles. The summed E-state index contributed by atoms with van der Waals surface area (Å²) in [5, 5.41) is 16.1. The van der Waals surface area contributed by atoms with Gasteiger partial charge in [-0.1, -0.05) is 138 Å². The summed E-state index contributed by atoms with van der Waals surface area (Å²) >= 11 is 0. The van der Waals surface area contributed by atoms with E-state index in [0.29, 0.717) is 34.0 Å². The molecule has 4 nitrogen and oxygen atoms in total. The van der Waals surface area contributed by atoms with Crippen LogP contribution in [-0.2, 0) is 0 Å². The van der Waals surface area contributed by atoms with Gasteiger partial charge in [0.25, 0.3) is 0 Å². The molecular weight excluding hydrogens is 617 g/mol.